The fraction of sp³-hybridized carbons (Fsp3) is 0.214. The lowest BCUT2D eigenvalue weighted by atomic mass is 10.4. The lowest BCUT2D eigenvalue weighted by Gasteiger charge is -2.09. The number of aromatic nitrogens is 1. The largest absolute Gasteiger partial charge is 0.370 e. The number of hydrogen-bond donors (Lipinski definition) is 2. The Balaban J connectivity index is 2.16. The van der Waals surface area contributed by atoms with Crippen molar-refractivity contribution in [3.05, 3.63) is 46.6 Å². The molecule has 0 spiro atoms. The molecule has 0 amide bonds. The summed E-state index contributed by atoms with van der Waals surface area (Å²) in [6, 6.07) is 7.48. The van der Waals surface area contributed by atoms with Gasteiger partial charge in [-0.25, -0.2) is 13.4 Å². The van der Waals surface area contributed by atoms with E-state index in [1.165, 1.54) is 24.4 Å². The number of sulfonamides is 1. The molecule has 5 nitrogen and oxygen atoms in total. The maximum Gasteiger partial charge on any atom is 0.261 e. The zero-order chi connectivity index (χ0) is 16.2. The minimum absolute atomic E-state index is 0.0371. The summed E-state index contributed by atoms with van der Waals surface area (Å²) >= 11 is 11.6. The lowest BCUT2D eigenvalue weighted by molar-refractivity contribution is 0.601. The summed E-state index contributed by atoms with van der Waals surface area (Å²) in [7, 11) is -3.74. The van der Waals surface area contributed by atoms with Gasteiger partial charge in [0.15, 0.2) is 0 Å². The Morgan fingerprint density at radius 3 is 2.50 bits per heavy atom. The van der Waals surface area contributed by atoms with Crippen LogP contribution in [-0.4, -0.2) is 19.9 Å². The molecule has 0 saturated carbocycles. The summed E-state index contributed by atoms with van der Waals surface area (Å²) in [4.78, 5) is 4.18. The molecule has 0 aliphatic carbocycles. The molecule has 0 radical (unpaired) electrons. The molecule has 0 unspecified atom stereocenters. The maximum absolute atomic E-state index is 12.3. The molecular formula is C14H15Cl2N3O2S. The molecule has 0 aliphatic heterocycles. The van der Waals surface area contributed by atoms with Gasteiger partial charge >= 0.3 is 0 Å². The smallest absolute Gasteiger partial charge is 0.261 e. The van der Waals surface area contributed by atoms with Gasteiger partial charge in [-0.05, 0) is 36.8 Å². The van der Waals surface area contributed by atoms with Crippen LogP contribution in [0, 0.1) is 0 Å². The van der Waals surface area contributed by atoms with Crippen LogP contribution in [0.1, 0.15) is 13.3 Å². The highest BCUT2D eigenvalue weighted by Crippen LogP contribution is 2.26. The summed E-state index contributed by atoms with van der Waals surface area (Å²) in [5, 5.41) is 3.59. The molecule has 2 N–H and O–H groups in total. The van der Waals surface area contributed by atoms with Crippen LogP contribution >= 0.6 is 23.2 Å². The average molecular weight is 360 g/mol. The van der Waals surface area contributed by atoms with Crippen LogP contribution in [0.25, 0.3) is 0 Å². The number of benzene rings is 1. The Bertz CT molecular complexity index is 749. The molecule has 0 saturated heterocycles. The van der Waals surface area contributed by atoms with Crippen LogP contribution in [0.4, 0.5) is 11.5 Å². The van der Waals surface area contributed by atoms with E-state index in [1.54, 1.807) is 12.1 Å². The molecule has 0 atom stereocenters. The molecule has 0 aliphatic rings. The van der Waals surface area contributed by atoms with Gasteiger partial charge in [0, 0.05) is 6.54 Å². The van der Waals surface area contributed by atoms with Crippen LogP contribution in [0.15, 0.2) is 41.4 Å². The van der Waals surface area contributed by atoms with Gasteiger partial charge in [-0.1, -0.05) is 30.1 Å². The Kier molecular flexibility index (Phi) is 5.50. The fourth-order valence-corrected chi connectivity index (χ4v) is 3.10. The van der Waals surface area contributed by atoms with Gasteiger partial charge in [0.1, 0.15) is 5.82 Å². The third kappa shape index (κ3) is 4.25. The highest BCUT2D eigenvalue weighted by molar-refractivity contribution is 7.92. The number of hydrogen-bond acceptors (Lipinski definition) is 4. The molecule has 0 bridgehead atoms. The van der Waals surface area contributed by atoms with Gasteiger partial charge in [0.25, 0.3) is 10.0 Å². The molecule has 1 heterocycles. The van der Waals surface area contributed by atoms with Crippen molar-refractivity contribution in [1.29, 1.82) is 0 Å². The van der Waals surface area contributed by atoms with E-state index < -0.39 is 10.0 Å². The van der Waals surface area contributed by atoms with Gasteiger partial charge < -0.3 is 5.32 Å². The fourth-order valence-electron chi connectivity index (χ4n) is 1.67. The van der Waals surface area contributed by atoms with Crippen molar-refractivity contribution in [1.82, 2.24) is 4.98 Å². The standard InChI is InChI=1S/C14H15Cl2N3O2S/c1-2-7-17-14-6-3-10(9-18-14)19-22(20,21)11-4-5-12(15)13(16)8-11/h3-6,8-9,19H,2,7H2,1H3,(H,17,18). The highest BCUT2D eigenvalue weighted by atomic mass is 35.5. The second kappa shape index (κ2) is 7.17. The van der Waals surface area contributed by atoms with Crippen LogP contribution in [-0.2, 0) is 10.0 Å². The van der Waals surface area contributed by atoms with Crippen LogP contribution in [0.2, 0.25) is 10.0 Å². The van der Waals surface area contributed by atoms with Crippen molar-refractivity contribution in [3.63, 3.8) is 0 Å². The monoisotopic (exact) mass is 359 g/mol. The minimum atomic E-state index is -3.74. The quantitative estimate of drug-likeness (QED) is 0.817. The van der Waals surface area contributed by atoms with Gasteiger partial charge in [-0.3, -0.25) is 4.72 Å². The topological polar surface area (TPSA) is 71.1 Å². The van der Waals surface area contributed by atoms with E-state index in [9.17, 15) is 8.42 Å². The van der Waals surface area contributed by atoms with Crippen molar-refractivity contribution in [2.75, 3.05) is 16.6 Å². The van der Waals surface area contributed by atoms with Crippen molar-refractivity contribution in [2.45, 2.75) is 18.2 Å². The molecule has 0 fully saturated rings. The number of nitrogens with zero attached hydrogens (tertiary/aromatic N) is 1. The van der Waals surface area contributed by atoms with Crippen molar-refractivity contribution in [3.8, 4) is 0 Å². The Morgan fingerprint density at radius 1 is 1.14 bits per heavy atom. The normalized spacial score (nSPS) is 11.2. The summed E-state index contributed by atoms with van der Waals surface area (Å²) in [6.07, 6.45) is 2.43. The summed E-state index contributed by atoms with van der Waals surface area (Å²) in [5.74, 6) is 0.694. The van der Waals surface area contributed by atoms with Gasteiger partial charge in [0.2, 0.25) is 0 Å². The number of rotatable bonds is 6. The van der Waals surface area contributed by atoms with Crippen LogP contribution in [0.5, 0.6) is 0 Å². The van der Waals surface area contributed by atoms with Crippen molar-refractivity contribution in [2.24, 2.45) is 0 Å². The first-order valence-corrected chi connectivity index (χ1v) is 8.84. The molecule has 118 valence electrons. The lowest BCUT2D eigenvalue weighted by Crippen LogP contribution is -2.13. The van der Waals surface area contributed by atoms with E-state index >= 15 is 0 Å². The molecule has 1 aromatic carbocycles. The average Bonchev–Trinajstić information content (AvgIpc) is 2.49. The molecule has 8 heteroatoms. The molecule has 1 aromatic heterocycles. The van der Waals surface area contributed by atoms with Gasteiger partial charge in [-0.15, -0.1) is 0 Å². The third-order valence-electron chi connectivity index (χ3n) is 2.77. The number of pyridine rings is 1. The third-order valence-corrected chi connectivity index (χ3v) is 4.89. The predicted molar refractivity (Wildman–Crippen MR) is 90.3 cm³/mol. The number of halogens is 2. The summed E-state index contributed by atoms with van der Waals surface area (Å²) < 4.78 is 27.0. The van der Waals surface area contributed by atoms with E-state index in [4.69, 9.17) is 23.2 Å². The zero-order valence-corrected chi connectivity index (χ0v) is 14.1. The first-order valence-electron chi connectivity index (χ1n) is 6.60. The Labute approximate surface area is 139 Å². The number of anilines is 2. The van der Waals surface area contributed by atoms with Gasteiger partial charge in [0.05, 0.1) is 26.8 Å². The molecule has 2 rings (SSSR count). The van der Waals surface area contributed by atoms with E-state index in [1.807, 2.05) is 6.92 Å². The van der Waals surface area contributed by atoms with Crippen LogP contribution < -0.4 is 10.0 Å². The van der Waals surface area contributed by atoms with Crippen LogP contribution in [0.3, 0.4) is 0 Å². The minimum Gasteiger partial charge on any atom is -0.370 e. The van der Waals surface area contributed by atoms with E-state index in [2.05, 4.69) is 15.0 Å². The molecule has 22 heavy (non-hydrogen) atoms. The highest BCUT2D eigenvalue weighted by Gasteiger charge is 2.15. The van der Waals surface area contributed by atoms with E-state index in [0.29, 0.717) is 16.5 Å². The number of nitrogens with one attached hydrogen (secondary N) is 2. The van der Waals surface area contributed by atoms with E-state index in [0.717, 1.165) is 13.0 Å². The molecule has 2 aromatic rings. The van der Waals surface area contributed by atoms with E-state index in [-0.39, 0.29) is 9.92 Å². The second-order valence-corrected chi connectivity index (χ2v) is 7.04. The first-order chi connectivity index (χ1) is 10.4. The predicted octanol–water partition coefficient (Wildman–Crippen LogP) is 4.01. The first kappa shape index (κ1) is 16.9. The maximum atomic E-state index is 12.3. The Hall–Kier alpha value is -1.50. The Morgan fingerprint density at radius 2 is 1.91 bits per heavy atom. The summed E-state index contributed by atoms with van der Waals surface area (Å²) in [5.41, 5.74) is 0.369. The van der Waals surface area contributed by atoms with Crippen molar-refractivity contribution >= 4 is 44.7 Å². The zero-order valence-electron chi connectivity index (χ0n) is 11.8. The molecular weight excluding hydrogens is 345 g/mol. The van der Waals surface area contributed by atoms with Gasteiger partial charge in [-0.2, -0.15) is 0 Å². The second-order valence-electron chi connectivity index (χ2n) is 4.54. The SMILES string of the molecule is CCCNc1ccc(NS(=O)(=O)c2ccc(Cl)c(Cl)c2)cn1. The summed E-state index contributed by atoms with van der Waals surface area (Å²) in [6.45, 7) is 2.86. The van der Waals surface area contributed by atoms with Crippen molar-refractivity contribution < 1.29 is 8.42 Å².